The smallest absolute Gasteiger partial charge is 0.0389 e. The van der Waals surface area contributed by atoms with E-state index in [0.29, 0.717) is 0 Å². The highest BCUT2D eigenvalue weighted by Gasteiger charge is 2.01. The molecule has 0 atom stereocenters. The Morgan fingerprint density at radius 1 is 1.00 bits per heavy atom. The van der Waals surface area contributed by atoms with Gasteiger partial charge in [0.05, 0.1) is 0 Å². The Balaban J connectivity index is 3.06. The van der Waals surface area contributed by atoms with Gasteiger partial charge in [0.2, 0.25) is 0 Å². The van der Waals surface area contributed by atoms with Crippen molar-refractivity contribution in [1.82, 2.24) is 0 Å². The highest BCUT2D eigenvalue weighted by Crippen LogP contribution is 2.16. The van der Waals surface area contributed by atoms with Crippen LogP contribution in [0.15, 0.2) is 0 Å². The molecule has 0 fully saturated rings. The van der Waals surface area contributed by atoms with Crippen molar-refractivity contribution in [2.75, 3.05) is 0 Å². The normalized spacial score (nSPS) is 11.0. The fraction of sp³-hybridized carbons (Fsp3) is 0.917. The average molecular weight is 169 g/mol. The first-order valence-corrected chi connectivity index (χ1v) is 5.66. The third kappa shape index (κ3) is 6.69. The summed E-state index contributed by atoms with van der Waals surface area (Å²) in [5.74, 6) is 0.992. The molecule has 0 rings (SSSR count). The zero-order valence-electron chi connectivity index (χ0n) is 9.10. The molecule has 0 aliphatic carbocycles. The Morgan fingerprint density at radius 2 is 1.67 bits per heavy atom. The van der Waals surface area contributed by atoms with Crippen molar-refractivity contribution in [1.29, 1.82) is 0 Å². The van der Waals surface area contributed by atoms with Gasteiger partial charge >= 0.3 is 0 Å². The second-order valence-corrected chi connectivity index (χ2v) is 3.66. The van der Waals surface area contributed by atoms with Crippen LogP contribution in [0.3, 0.4) is 0 Å². The maximum atomic E-state index is 2.40. The Kier molecular flexibility index (Phi) is 9.09. The second-order valence-electron chi connectivity index (χ2n) is 3.66. The highest BCUT2D eigenvalue weighted by atomic mass is 14.1. The first kappa shape index (κ1) is 12.0. The van der Waals surface area contributed by atoms with Gasteiger partial charge in [-0.15, -0.1) is 0 Å². The lowest BCUT2D eigenvalue weighted by Crippen LogP contribution is -1.96. The largest absolute Gasteiger partial charge is 0.0651 e. The predicted molar refractivity (Wildman–Crippen MR) is 57.1 cm³/mol. The van der Waals surface area contributed by atoms with Crippen molar-refractivity contribution < 1.29 is 0 Å². The standard InChI is InChI=1S/C12H25/c1-4-7-8-9-10-11-12(5-2)6-3/h7,12H,4-6,8-11H2,1-3H3. The van der Waals surface area contributed by atoms with Crippen LogP contribution in [0.25, 0.3) is 0 Å². The third-order valence-corrected chi connectivity index (χ3v) is 2.71. The number of rotatable bonds is 8. The maximum Gasteiger partial charge on any atom is -0.0389 e. The Labute approximate surface area is 78.8 Å². The van der Waals surface area contributed by atoms with Crippen molar-refractivity contribution >= 4 is 0 Å². The van der Waals surface area contributed by atoms with Crippen molar-refractivity contribution in [3.8, 4) is 0 Å². The van der Waals surface area contributed by atoms with Crippen LogP contribution in [0.2, 0.25) is 0 Å². The Bertz CT molecular complexity index is 72.1. The van der Waals surface area contributed by atoms with Gasteiger partial charge in [-0.2, -0.15) is 0 Å². The van der Waals surface area contributed by atoms with E-state index in [1.165, 1.54) is 44.9 Å². The van der Waals surface area contributed by atoms with Gasteiger partial charge in [0, 0.05) is 0 Å². The van der Waals surface area contributed by atoms with E-state index in [2.05, 4.69) is 27.2 Å². The molecular weight excluding hydrogens is 144 g/mol. The summed E-state index contributed by atoms with van der Waals surface area (Å²) in [7, 11) is 0. The summed E-state index contributed by atoms with van der Waals surface area (Å²) in [6, 6.07) is 0. The molecule has 0 N–H and O–H groups in total. The number of unbranched alkanes of at least 4 members (excludes halogenated alkanes) is 4. The molecule has 0 aliphatic heterocycles. The third-order valence-electron chi connectivity index (χ3n) is 2.71. The number of hydrogen-bond acceptors (Lipinski definition) is 0. The van der Waals surface area contributed by atoms with E-state index < -0.39 is 0 Å². The van der Waals surface area contributed by atoms with Crippen LogP contribution in [0.4, 0.5) is 0 Å². The van der Waals surface area contributed by atoms with Crippen LogP contribution in [-0.2, 0) is 0 Å². The van der Waals surface area contributed by atoms with Gasteiger partial charge < -0.3 is 0 Å². The molecule has 0 aromatic heterocycles. The van der Waals surface area contributed by atoms with E-state index in [4.69, 9.17) is 0 Å². The molecule has 1 radical (unpaired) electrons. The molecule has 0 saturated heterocycles. The van der Waals surface area contributed by atoms with Crippen molar-refractivity contribution in [3.63, 3.8) is 0 Å². The lowest BCUT2D eigenvalue weighted by atomic mass is 9.96. The van der Waals surface area contributed by atoms with Gasteiger partial charge in [-0.25, -0.2) is 0 Å². The fourth-order valence-corrected chi connectivity index (χ4v) is 1.62. The SMILES string of the molecule is CC[CH]CCCCC(CC)CC. The number of hydrogen-bond donors (Lipinski definition) is 0. The van der Waals surface area contributed by atoms with E-state index in [-0.39, 0.29) is 0 Å². The summed E-state index contributed by atoms with van der Waals surface area (Å²) in [6.07, 6.45) is 12.0. The van der Waals surface area contributed by atoms with Crippen LogP contribution < -0.4 is 0 Å². The van der Waals surface area contributed by atoms with Gasteiger partial charge in [0.1, 0.15) is 0 Å². The molecule has 0 heterocycles. The van der Waals surface area contributed by atoms with E-state index in [0.717, 1.165) is 5.92 Å². The first-order chi connectivity index (χ1) is 5.85. The fourth-order valence-electron chi connectivity index (χ4n) is 1.62. The summed E-state index contributed by atoms with van der Waals surface area (Å²) in [5.41, 5.74) is 0. The van der Waals surface area contributed by atoms with E-state index in [9.17, 15) is 0 Å². The quantitative estimate of drug-likeness (QED) is 0.466. The van der Waals surface area contributed by atoms with Gasteiger partial charge in [-0.05, 0) is 12.3 Å². The summed E-state index contributed by atoms with van der Waals surface area (Å²) < 4.78 is 0. The minimum atomic E-state index is 0.992. The van der Waals surface area contributed by atoms with Crippen LogP contribution in [0.5, 0.6) is 0 Å². The molecule has 0 heteroatoms. The maximum absolute atomic E-state index is 2.40. The molecular formula is C12H25. The zero-order chi connectivity index (χ0) is 9.23. The van der Waals surface area contributed by atoms with Gasteiger partial charge in [-0.1, -0.05) is 65.7 Å². The summed E-state index contributed by atoms with van der Waals surface area (Å²) >= 11 is 0. The molecule has 0 nitrogen and oxygen atoms in total. The van der Waals surface area contributed by atoms with Crippen molar-refractivity contribution in [2.24, 2.45) is 5.92 Å². The van der Waals surface area contributed by atoms with Gasteiger partial charge in [0.15, 0.2) is 0 Å². The van der Waals surface area contributed by atoms with E-state index in [1.54, 1.807) is 0 Å². The molecule has 0 unspecified atom stereocenters. The summed E-state index contributed by atoms with van der Waals surface area (Å²) in [5, 5.41) is 0. The predicted octanol–water partition coefficient (Wildman–Crippen LogP) is 4.60. The van der Waals surface area contributed by atoms with E-state index in [1.807, 2.05) is 0 Å². The Morgan fingerprint density at radius 3 is 2.17 bits per heavy atom. The molecule has 73 valence electrons. The van der Waals surface area contributed by atoms with Crippen LogP contribution in [0.1, 0.15) is 65.7 Å². The molecule has 0 amide bonds. The zero-order valence-corrected chi connectivity index (χ0v) is 9.10. The molecule has 0 aromatic rings. The monoisotopic (exact) mass is 169 g/mol. The Hall–Kier alpha value is 0. The molecule has 0 bridgehead atoms. The molecule has 0 saturated carbocycles. The van der Waals surface area contributed by atoms with Crippen molar-refractivity contribution in [2.45, 2.75) is 65.7 Å². The summed E-state index contributed by atoms with van der Waals surface area (Å²) in [6.45, 7) is 6.85. The minimum Gasteiger partial charge on any atom is -0.0651 e. The van der Waals surface area contributed by atoms with E-state index >= 15 is 0 Å². The minimum absolute atomic E-state index is 0.992. The topological polar surface area (TPSA) is 0 Å². The van der Waals surface area contributed by atoms with Crippen LogP contribution >= 0.6 is 0 Å². The molecule has 12 heavy (non-hydrogen) atoms. The second kappa shape index (κ2) is 9.09. The molecule has 0 aliphatic rings. The highest BCUT2D eigenvalue weighted by molar-refractivity contribution is 4.62. The summed E-state index contributed by atoms with van der Waals surface area (Å²) in [4.78, 5) is 0. The average Bonchev–Trinajstić information content (AvgIpc) is 2.11. The first-order valence-electron chi connectivity index (χ1n) is 5.66. The molecule has 0 spiro atoms. The lowest BCUT2D eigenvalue weighted by molar-refractivity contribution is 0.433. The van der Waals surface area contributed by atoms with Crippen LogP contribution in [-0.4, -0.2) is 0 Å². The van der Waals surface area contributed by atoms with Crippen LogP contribution in [0, 0.1) is 12.3 Å². The van der Waals surface area contributed by atoms with Gasteiger partial charge in [-0.3, -0.25) is 0 Å². The molecule has 0 aromatic carbocycles. The lowest BCUT2D eigenvalue weighted by Gasteiger charge is -2.10. The van der Waals surface area contributed by atoms with Crippen molar-refractivity contribution in [3.05, 3.63) is 6.42 Å². The van der Waals surface area contributed by atoms with Gasteiger partial charge in [0.25, 0.3) is 0 Å².